The van der Waals surface area contributed by atoms with Crippen LogP contribution in [0.2, 0.25) is 0 Å². The van der Waals surface area contributed by atoms with E-state index >= 15 is 0 Å². The van der Waals surface area contributed by atoms with E-state index in [1.54, 1.807) is 67.1 Å². The molecular formula is C26H22N4O4. The largest absolute Gasteiger partial charge is 0.485 e. The fourth-order valence-corrected chi connectivity index (χ4v) is 3.23. The van der Waals surface area contributed by atoms with E-state index < -0.39 is 12.1 Å². The highest BCUT2D eigenvalue weighted by molar-refractivity contribution is 6.04. The highest BCUT2D eigenvalue weighted by atomic mass is 16.5. The van der Waals surface area contributed by atoms with Gasteiger partial charge in [-0.15, -0.1) is 0 Å². The average Bonchev–Trinajstić information content (AvgIpc) is 2.86. The van der Waals surface area contributed by atoms with E-state index in [4.69, 9.17) is 4.74 Å². The van der Waals surface area contributed by atoms with Crippen molar-refractivity contribution in [1.82, 2.24) is 9.97 Å². The molecule has 0 spiro atoms. The molecule has 0 aliphatic heterocycles. The molecule has 8 heteroatoms. The molecule has 0 aliphatic rings. The molecule has 1 atom stereocenters. The molecule has 1 unspecified atom stereocenters. The minimum atomic E-state index is -0.973. The standard InChI is InChI=1S/C26H22N4O4/c31-25(32)16-23(19-4-3-14-27-17-19)34-22-12-10-21(11-13-22)30-26(33)18-6-8-20(9-7-18)29-24-5-1-2-15-28-24/h1-15,17,23H,16H2,(H,28,29)(H,30,33)(H,31,32). The van der Waals surface area contributed by atoms with Gasteiger partial charge in [-0.05, 0) is 66.7 Å². The highest BCUT2D eigenvalue weighted by Gasteiger charge is 2.18. The predicted octanol–water partition coefficient (Wildman–Crippen LogP) is 5.07. The van der Waals surface area contributed by atoms with Gasteiger partial charge in [0.05, 0.1) is 6.42 Å². The number of aliphatic carboxylic acids is 1. The van der Waals surface area contributed by atoms with Gasteiger partial charge in [-0.2, -0.15) is 0 Å². The number of carbonyl (C=O) groups is 2. The van der Waals surface area contributed by atoms with E-state index in [1.165, 1.54) is 0 Å². The number of nitrogens with zero attached hydrogens (tertiary/aromatic N) is 2. The third kappa shape index (κ3) is 6.17. The first-order valence-electron chi connectivity index (χ1n) is 10.5. The van der Waals surface area contributed by atoms with E-state index in [0.29, 0.717) is 22.6 Å². The number of pyridine rings is 2. The summed E-state index contributed by atoms with van der Waals surface area (Å²) in [6.45, 7) is 0. The number of carbonyl (C=O) groups excluding carboxylic acids is 1. The first-order chi connectivity index (χ1) is 16.6. The Kier molecular flexibility index (Phi) is 7.09. The number of carboxylic acids is 1. The van der Waals surface area contributed by atoms with Crippen molar-refractivity contribution < 1.29 is 19.4 Å². The lowest BCUT2D eigenvalue weighted by Gasteiger charge is -2.18. The molecule has 3 N–H and O–H groups in total. The fourth-order valence-electron chi connectivity index (χ4n) is 3.23. The van der Waals surface area contributed by atoms with E-state index in [9.17, 15) is 14.7 Å². The quantitative estimate of drug-likeness (QED) is 0.324. The third-order valence-electron chi connectivity index (χ3n) is 4.89. The number of rotatable bonds is 9. The first kappa shape index (κ1) is 22.5. The fraction of sp³-hybridized carbons (Fsp3) is 0.0769. The average molecular weight is 454 g/mol. The SMILES string of the molecule is O=C(O)CC(Oc1ccc(NC(=O)c2ccc(Nc3ccccn3)cc2)cc1)c1cccnc1. The number of ether oxygens (including phenoxy) is 1. The molecular weight excluding hydrogens is 432 g/mol. The monoisotopic (exact) mass is 454 g/mol. The summed E-state index contributed by atoms with van der Waals surface area (Å²) >= 11 is 0. The van der Waals surface area contributed by atoms with Gasteiger partial charge in [0.15, 0.2) is 0 Å². The van der Waals surface area contributed by atoms with Crippen molar-refractivity contribution >= 4 is 29.1 Å². The Hall–Kier alpha value is -4.72. The Morgan fingerprint density at radius 3 is 2.29 bits per heavy atom. The van der Waals surface area contributed by atoms with Crippen molar-refractivity contribution in [2.75, 3.05) is 10.6 Å². The number of amides is 1. The molecule has 8 nitrogen and oxygen atoms in total. The lowest BCUT2D eigenvalue weighted by Crippen LogP contribution is -2.13. The summed E-state index contributed by atoms with van der Waals surface area (Å²) in [4.78, 5) is 32.1. The molecule has 0 aliphatic carbocycles. The summed E-state index contributed by atoms with van der Waals surface area (Å²) in [6, 6.07) is 22.9. The van der Waals surface area contributed by atoms with Gasteiger partial charge in [0.1, 0.15) is 17.7 Å². The molecule has 0 saturated heterocycles. The van der Waals surface area contributed by atoms with Crippen LogP contribution < -0.4 is 15.4 Å². The number of anilines is 3. The third-order valence-corrected chi connectivity index (χ3v) is 4.89. The van der Waals surface area contributed by atoms with Crippen LogP contribution in [0.1, 0.15) is 28.4 Å². The van der Waals surface area contributed by atoms with Gasteiger partial charge in [-0.25, -0.2) is 4.98 Å². The van der Waals surface area contributed by atoms with E-state index in [2.05, 4.69) is 20.6 Å². The van der Waals surface area contributed by atoms with Crippen molar-refractivity contribution in [2.45, 2.75) is 12.5 Å². The molecule has 1 amide bonds. The first-order valence-corrected chi connectivity index (χ1v) is 10.5. The lowest BCUT2D eigenvalue weighted by atomic mass is 10.1. The molecule has 2 aromatic carbocycles. The summed E-state index contributed by atoms with van der Waals surface area (Å²) < 4.78 is 5.87. The molecule has 0 radical (unpaired) electrons. The molecule has 2 heterocycles. The number of hydrogen-bond donors (Lipinski definition) is 3. The summed E-state index contributed by atoms with van der Waals surface area (Å²) in [7, 11) is 0. The summed E-state index contributed by atoms with van der Waals surface area (Å²) in [5.41, 5.74) is 2.58. The second-order valence-corrected chi connectivity index (χ2v) is 7.39. The van der Waals surface area contributed by atoms with Crippen LogP contribution in [-0.2, 0) is 4.79 Å². The van der Waals surface area contributed by atoms with Crippen LogP contribution in [0.25, 0.3) is 0 Å². The van der Waals surface area contributed by atoms with E-state index in [0.717, 1.165) is 11.5 Å². The van der Waals surface area contributed by atoms with Crippen LogP contribution in [0.5, 0.6) is 5.75 Å². The van der Waals surface area contributed by atoms with Crippen LogP contribution in [0.15, 0.2) is 97.5 Å². The van der Waals surface area contributed by atoms with Gasteiger partial charge < -0.3 is 20.5 Å². The van der Waals surface area contributed by atoms with Crippen LogP contribution in [0.4, 0.5) is 17.2 Å². The number of aromatic nitrogens is 2. The summed E-state index contributed by atoms with van der Waals surface area (Å²) in [5.74, 6) is -0.0228. The number of carboxylic acid groups (broad SMARTS) is 1. The van der Waals surface area contributed by atoms with Crippen LogP contribution >= 0.6 is 0 Å². The molecule has 0 bridgehead atoms. The van der Waals surface area contributed by atoms with Gasteiger partial charge in [0.2, 0.25) is 0 Å². The van der Waals surface area contributed by atoms with E-state index in [1.807, 2.05) is 30.3 Å². The maximum atomic E-state index is 12.6. The van der Waals surface area contributed by atoms with Crippen molar-refractivity contribution in [3.8, 4) is 5.75 Å². The number of hydrogen-bond acceptors (Lipinski definition) is 6. The van der Waals surface area contributed by atoms with Crippen molar-refractivity contribution in [3.05, 3.63) is 109 Å². The molecule has 0 saturated carbocycles. The van der Waals surface area contributed by atoms with Crippen LogP contribution in [0, 0.1) is 0 Å². The molecule has 4 aromatic rings. The Labute approximate surface area is 196 Å². The topological polar surface area (TPSA) is 113 Å². The summed E-state index contributed by atoms with van der Waals surface area (Å²) in [5, 5.41) is 15.2. The van der Waals surface area contributed by atoms with Crippen LogP contribution in [0.3, 0.4) is 0 Å². The van der Waals surface area contributed by atoms with Gasteiger partial charge >= 0.3 is 5.97 Å². The Morgan fingerprint density at radius 1 is 0.882 bits per heavy atom. The minimum absolute atomic E-state index is 0.199. The molecule has 170 valence electrons. The molecule has 4 rings (SSSR count). The zero-order chi connectivity index (χ0) is 23.8. The maximum Gasteiger partial charge on any atom is 0.307 e. The number of benzene rings is 2. The zero-order valence-electron chi connectivity index (χ0n) is 18.1. The maximum absolute atomic E-state index is 12.6. The predicted molar refractivity (Wildman–Crippen MR) is 128 cm³/mol. The smallest absolute Gasteiger partial charge is 0.307 e. The van der Waals surface area contributed by atoms with Gasteiger partial charge in [0.25, 0.3) is 5.91 Å². The van der Waals surface area contributed by atoms with Crippen molar-refractivity contribution in [1.29, 1.82) is 0 Å². The second kappa shape index (κ2) is 10.7. The van der Waals surface area contributed by atoms with Crippen molar-refractivity contribution in [3.63, 3.8) is 0 Å². The van der Waals surface area contributed by atoms with E-state index in [-0.39, 0.29) is 12.3 Å². The molecule has 2 aromatic heterocycles. The number of nitrogens with one attached hydrogen (secondary N) is 2. The van der Waals surface area contributed by atoms with Gasteiger partial charge in [-0.1, -0.05) is 12.1 Å². The molecule has 0 fully saturated rings. The summed E-state index contributed by atoms with van der Waals surface area (Å²) in [6.07, 6.45) is 4.02. The zero-order valence-corrected chi connectivity index (χ0v) is 18.1. The Morgan fingerprint density at radius 2 is 1.65 bits per heavy atom. The second-order valence-electron chi connectivity index (χ2n) is 7.39. The highest BCUT2D eigenvalue weighted by Crippen LogP contribution is 2.26. The van der Waals surface area contributed by atoms with Gasteiger partial charge in [-0.3, -0.25) is 14.6 Å². The van der Waals surface area contributed by atoms with Gasteiger partial charge in [0, 0.05) is 41.1 Å². The minimum Gasteiger partial charge on any atom is -0.485 e. The lowest BCUT2D eigenvalue weighted by molar-refractivity contribution is -0.138. The van der Waals surface area contributed by atoms with Crippen molar-refractivity contribution in [2.24, 2.45) is 0 Å². The Balaban J connectivity index is 1.37. The normalized spacial score (nSPS) is 11.3. The van der Waals surface area contributed by atoms with Crippen LogP contribution in [-0.4, -0.2) is 27.0 Å². The Bertz CT molecular complexity index is 1230. The molecule has 34 heavy (non-hydrogen) atoms.